The van der Waals surface area contributed by atoms with Crippen molar-refractivity contribution in [1.82, 2.24) is 5.32 Å². The molecule has 0 bridgehead atoms. The van der Waals surface area contributed by atoms with E-state index in [0.717, 1.165) is 19.3 Å². The molecule has 108 valence electrons. The van der Waals surface area contributed by atoms with Crippen LogP contribution in [0.15, 0.2) is 28.7 Å². The predicted molar refractivity (Wildman–Crippen MR) is 79.6 cm³/mol. The normalized spacial score (nSPS) is 26.0. The monoisotopic (exact) mass is 339 g/mol. The van der Waals surface area contributed by atoms with Crippen LogP contribution in [0, 0.1) is 5.92 Å². The van der Waals surface area contributed by atoms with Crippen LogP contribution in [0.4, 0.5) is 0 Å². The molecule has 2 rings (SSSR count). The van der Waals surface area contributed by atoms with E-state index < -0.39 is 11.5 Å². The number of carbonyl (C=O) groups excluding carboxylic acids is 1. The van der Waals surface area contributed by atoms with Crippen molar-refractivity contribution in [1.29, 1.82) is 0 Å². The number of amides is 1. The van der Waals surface area contributed by atoms with Crippen molar-refractivity contribution in [2.45, 2.75) is 38.1 Å². The molecule has 1 fully saturated rings. The molecule has 1 aromatic rings. The fourth-order valence-electron chi connectivity index (χ4n) is 2.82. The number of benzene rings is 1. The van der Waals surface area contributed by atoms with Crippen LogP contribution in [0.25, 0.3) is 0 Å². The molecule has 0 aromatic heterocycles. The summed E-state index contributed by atoms with van der Waals surface area (Å²) in [6.45, 7) is 1.90. The Morgan fingerprint density at radius 3 is 2.65 bits per heavy atom. The lowest BCUT2D eigenvalue weighted by molar-refractivity contribution is -0.148. The zero-order chi connectivity index (χ0) is 14.8. The van der Waals surface area contributed by atoms with Crippen LogP contribution in [0.3, 0.4) is 0 Å². The highest BCUT2D eigenvalue weighted by molar-refractivity contribution is 9.10. The maximum absolute atomic E-state index is 12.4. The summed E-state index contributed by atoms with van der Waals surface area (Å²) in [7, 11) is 0. The fourth-order valence-corrected chi connectivity index (χ4v) is 3.28. The molecule has 0 spiro atoms. The number of carboxylic acids is 1. The lowest BCUT2D eigenvalue weighted by Gasteiger charge is -2.39. The van der Waals surface area contributed by atoms with E-state index >= 15 is 0 Å². The summed E-state index contributed by atoms with van der Waals surface area (Å²) in [4.78, 5) is 24.1. The van der Waals surface area contributed by atoms with E-state index in [0.29, 0.717) is 16.5 Å². The van der Waals surface area contributed by atoms with Gasteiger partial charge in [-0.1, -0.05) is 31.9 Å². The molecule has 0 heterocycles. The van der Waals surface area contributed by atoms with Gasteiger partial charge in [0.1, 0.15) is 5.54 Å². The van der Waals surface area contributed by atoms with Crippen molar-refractivity contribution in [2.24, 2.45) is 5.92 Å². The fraction of sp³-hybridized carbons (Fsp3) is 0.467. The number of carboxylic acid groups (broad SMARTS) is 1. The van der Waals surface area contributed by atoms with Crippen LogP contribution in [0.1, 0.15) is 43.0 Å². The van der Waals surface area contributed by atoms with Crippen LogP contribution in [-0.2, 0) is 4.79 Å². The number of nitrogens with one attached hydrogen (secondary N) is 1. The average molecular weight is 340 g/mol. The van der Waals surface area contributed by atoms with Gasteiger partial charge in [0.2, 0.25) is 0 Å². The maximum atomic E-state index is 12.4. The minimum atomic E-state index is -1.15. The smallest absolute Gasteiger partial charge is 0.329 e. The van der Waals surface area contributed by atoms with Crippen molar-refractivity contribution in [3.63, 3.8) is 0 Å². The van der Waals surface area contributed by atoms with E-state index in [9.17, 15) is 14.7 Å². The molecule has 1 saturated carbocycles. The summed E-state index contributed by atoms with van der Waals surface area (Å²) < 4.78 is 0.668. The third kappa shape index (κ3) is 2.73. The summed E-state index contributed by atoms with van der Waals surface area (Å²) in [5, 5.41) is 12.4. The Balaban J connectivity index is 2.27. The van der Waals surface area contributed by atoms with Crippen LogP contribution in [-0.4, -0.2) is 22.5 Å². The standard InChI is InChI=1S/C15H18BrNO3/c1-10-6-4-5-9-15(10,14(19)20)17-13(18)11-7-2-3-8-12(11)16/h2-3,7-8,10H,4-6,9H2,1H3,(H,17,18)(H,19,20). The highest BCUT2D eigenvalue weighted by Gasteiger charge is 2.46. The van der Waals surface area contributed by atoms with Gasteiger partial charge in [0, 0.05) is 4.47 Å². The first-order valence-electron chi connectivity index (χ1n) is 6.78. The molecule has 1 aliphatic carbocycles. The van der Waals surface area contributed by atoms with Gasteiger partial charge < -0.3 is 10.4 Å². The van der Waals surface area contributed by atoms with Gasteiger partial charge in [-0.3, -0.25) is 4.79 Å². The molecule has 0 radical (unpaired) electrons. The third-order valence-electron chi connectivity index (χ3n) is 4.14. The Hall–Kier alpha value is -1.36. The van der Waals surface area contributed by atoms with Crippen molar-refractivity contribution in [3.8, 4) is 0 Å². The Morgan fingerprint density at radius 1 is 1.35 bits per heavy atom. The second kappa shape index (κ2) is 5.95. The van der Waals surface area contributed by atoms with E-state index in [2.05, 4.69) is 21.2 Å². The molecule has 4 nitrogen and oxygen atoms in total. The molecule has 1 aliphatic rings. The van der Waals surface area contributed by atoms with Crippen molar-refractivity contribution in [3.05, 3.63) is 34.3 Å². The first kappa shape index (κ1) is 15.0. The van der Waals surface area contributed by atoms with E-state index in [4.69, 9.17) is 0 Å². The summed E-state index contributed by atoms with van der Waals surface area (Å²) >= 11 is 3.32. The van der Waals surface area contributed by atoms with E-state index in [1.165, 1.54) is 0 Å². The highest BCUT2D eigenvalue weighted by Crippen LogP contribution is 2.34. The van der Waals surface area contributed by atoms with Crippen molar-refractivity contribution >= 4 is 27.8 Å². The largest absolute Gasteiger partial charge is 0.479 e. The molecule has 2 unspecified atom stereocenters. The zero-order valence-corrected chi connectivity index (χ0v) is 12.9. The molecular weight excluding hydrogens is 322 g/mol. The Kier molecular flexibility index (Phi) is 4.48. The van der Waals surface area contributed by atoms with Crippen molar-refractivity contribution in [2.75, 3.05) is 0 Å². The lowest BCUT2D eigenvalue weighted by atomic mass is 9.73. The van der Waals surface area contributed by atoms with Gasteiger partial charge in [0.25, 0.3) is 5.91 Å². The Labute approximate surface area is 126 Å². The minimum Gasteiger partial charge on any atom is -0.479 e. The number of rotatable bonds is 3. The van der Waals surface area contributed by atoms with Gasteiger partial charge in [0.15, 0.2) is 0 Å². The van der Waals surface area contributed by atoms with Gasteiger partial charge in [-0.15, -0.1) is 0 Å². The lowest BCUT2D eigenvalue weighted by Crippen LogP contribution is -2.60. The van der Waals surface area contributed by atoms with E-state index in [1.54, 1.807) is 18.2 Å². The topological polar surface area (TPSA) is 66.4 Å². The second-order valence-corrected chi connectivity index (χ2v) is 6.21. The van der Waals surface area contributed by atoms with Crippen LogP contribution >= 0.6 is 15.9 Å². The van der Waals surface area contributed by atoms with Gasteiger partial charge in [-0.05, 0) is 46.8 Å². The number of hydrogen-bond acceptors (Lipinski definition) is 2. The SMILES string of the molecule is CC1CCCCC1(NC(=O)c1ccccc1Br)C(=O)O. The second-order valence-electron chi connectivity index (χ2n) is 5.36. The first-order chi connectivity index (χ1) is 9.47. The predicted octanol–water partition coefficient (Wildman–Crippen LogP) is 3.21. The summed E-state index contributed by atoms with van der Waals surface area (Å²) in [5.41, 5.74) is -0.684. The van der Waals surface area contributed by atoms with E-state index in [-0.39, 0.29) is 11.8 Å². The molecule has 1 amide bonds. The number of halogens is 1. The zero-order valence-electron chi connectivity index (χ0n) is 11.4. The van der Waals surface area contributed by atoms with Crippen LogP contribution < -0.4 is 5.32 Å². The minimum absolute atomic E-state index is 0.0693. The van der Waals surface area contributed by atoms with Gasteiger partial charge in [-0.25, -0.2) is 4.79 Å². The Bertz CT molecular complexity index is 532. The molecular formula is C15H18BrNO3. The maximum Gasteiger partial charge on any atom is 0.329 e. The first-order valence-corrected chi connectivity index (χ1v) is 7.57. The summed E-state index contributed by atoms with van der Waals surface area (Å²) in [5.74, 6) is -1.35. The molecule has 20 heavy (non-hydrogen) atoms. The molecule has 0 aliphatic heterocycles. The van der Waals surface area contributed by atoms with Gasteiger partial charge in [0.05, 0.1) is 5.56 Å². The highest BCUT2D eigenvalue weighted by atomic mass is 79.9. The number of hydrogen-bond donors (Lipinski definition) is 2. The number of aliphatic carboxylic acids is 1. The Morgan fingerprint density at radius 2 is 2.05 bits per heavy atom. The molecule has 0 saturated heterocycles. The van der Waals surface area contributed by atoms with Gasteiger partial charge >= 0.3 is 5.97 Å². The summed E-state index contributed by atoms with van der Waals surface area (Å²) in [6.07, 6.45) is 3.15. The molecule has 2 N–H and O–H groups in total. The average Bonchev–Trinajstić information content (AvgIpc) is 2.41. The molecule has 5 heteroatoms. The van der Waals surface area contributed by atoms with E-state index in [1.807, 2.05) is 13.0 Å². The molecule has 2 atom stereocenters. The van der Waals surface area contributed by atoms with Crippen LogP contribution in [0.2, 0.25) is 0 Å². The van der Waals surface area contributed by atoms with Crippen LogP contribution in [0.5, 0.6) is 0 Å². The van der Waals surface area contributed by atoms with Gasteiger partial charge in [-0.2, -0.15) is 0 Å². The third-order valence-corrected chi connectivity index (χ3v) is 4.83. The number of carbonyl (C=O) groups is 2. The summed E-state index contributed by atoms with van der Waals surface area (Å²) in [6, 6.07) is 7.03. The van der Waals surface area contributed by atoms with Crippen molar-refractivity contribution < 1.29 is 14.7 Å². The molecule has 1 aromatic carbocycles. The quantitative estimate of drug-likeness (QED) is 0.888.